The third-order valence-electron chi connectivity index (χ3n) is 3.65. The molecule has 1 aliphatic carbocycles. The first-order valence-electron chi connectivity index (χ1n) is 6.56. The molecule has 3 heteroatoms. The van der Waals surface area contributed by atoms with Crippen LogP contribution in [0.1, 0.15) is 51.9 Å². The predicted molar refractivity (Wildman–Crippen MR) is 65.2 cm³/mol. The monoisotopic (exact) mass is 227 g/mol. The Morgan fingerprint density at radius 1 is 1.38 bits per heavy atom. The number of rotatable bonds is 9. The number of aliphatic carboxylic acids is 1. The first-order valence-corrected chi connectivity index (χ1v) is 6.56. The maximum atomic E-state index is 10.8. The normalized spacial score (nSPS) is 19.4. The van der Waals surface area contributed by atoms with Gasteiger partial charge in [-0.15, -0.1) is 0 Å². The Hall–Kier alpha value is -0.570. The Bertz CT molecular complexity index is 214. The number of carboxylic acids is 1. The molecule has 1 fully saturated rings. The van der Waals surface area contributed by atoms with Gasteiger partial charge in [-0.2, -0.15) is 0 Å². The maximum absolute atomic E-state index is 10.8. The summed E-state index contributed by atoms with van der Waals surface area (Å²) in [4.78, 5) is 10.8. The molecule has 2 unspecified atom stereocenters. The molecule has 1 aliphatic rings. The van der Waals surface area contributed by atoms with Crippen molar-refractivity contribution in [3.05, 3.63) is 0 Å². The minimum absolute atomic E-state index is 0.268. The standard InChI is InChI=1S/C13H25NO2/c1-10(3-2-4-11-6-7-11)5-8-12(9-14)13(15)16/h10-12H,2-9,14H2,1H3,(H,15,16). The Morgan fingerprint density at radius 2 is 2.06 bits per heavy atom. The van der Waals surface area contributed by atoms with Crippen molar-refractivity contribution in [2.75, 3.05) is 6.54 Å². The van der Waals surface area contributed by atoms with Crippen LogP contribution in [0.25, 0.3) is 0 Å². The average molecular weight is 227 g/mol. The molecule has 0 heterocycles. The zero-order valence-electron chi connectivity index (χ0n) is 10.3. The van der Waals surface area contributed by atoms with E-state index in [1.165, 1.54) is 32.1 Å². The van der Waals surface area contributed by atoms with Gasteiger partial charge in [-0.25, -0.2) is 0 Å². The molecule has 0 amide bonds. The highest BCUT2D eigenvalue weighted by Crippen LogP contribution is 2.34. The molecule has 94 valence electrons. The largest absolute Gasteiger partial charge is 0.481 e. The predicted octanol–water partition coefficient (Wildman–Crippen LogP) is 2.64. The topological polar surface area (TPSA) is 63.3 Å². The third-order valence-corrected chi connectivity index (χ3v) is 3.65. The number of carboxylic acid groups (broad SMARTS) is 1. The smallest absolute Gasteiger partial charge is 0.307 e. The summed E-state index contributed by atoms with van der Waals surface area (Å²) in [5.41, 5.74) is 5.43. The summed E-state index contributed by atoms with van der Waals surface area (Å²) in [6.07, 6.45) is 8.53. The van der Waals surface area contributed by atoms with Crippen molar-refractivity contribution in [1.82, 2.24) is 0 Å². The summed E-state index contributed by atoms with van der Waals surface area (Å²) in [7, 11) is 0. The van der Waals surface area contributed by atoms with Gasteiger partial charge in [0.1, 0.15) is 0 Å². The molecular formula is C13H25NO2. The van der Waals surface area contributed by atoms with Gasteiger partial charge in [0.15, 0.2) is 0 Å². The van der Waals surface area contributed by atoms with Crippen molar-refractivity contribution in [2.24, 2.45) is 23.5 Å². The fourth-order valence-corrected chi connectivity index (χ4v) is 2.13. The van der Waals surface area contributed by atoms with E-state index in [0.29, 0.717) is 5.92 Å². The molecule has 0 aromatic rings. The van der Waals surface area contributed by atoms with E-state index in [-0.39, 0.29) is 12.5 Å². The van der Waals surface area contributed by atoms with Gasteiger partial charge in [-0.3, -0.25) is 4.79 Å². The summed E-state index contributed by atoms with van der Waals surface area (Å²) in [5, 5.41) is 8.86. The molecular weight excluding hydrogens is 202 g/mol. The van der Waals surface area contributed by atoms with Gasteiger partial charge in [0.25, 0.3) is 0 Å². The Labute approximate surface area is 98.4 Å². The van der Waals surface area contributed by atoms with Crippen LogP contribution >= 0.6 is 0 Å². The number of hydrogen-bond donors (Lipinski definition) is 2. The Morgan fingerprint density at radius 3 is 2.56 bits per heavy atom. The lowest BCUT2D eigenvalue weighted by Gasteiger charge is -2.14. The second-order valence-electron chi connectivity index (χ2n) is 5.33. The molecule has 16 heavy (non-hydrogen) atoms. The van der Waals surface area contributed by atoms with Gasteiger partial charge in [0, 0.05) is 6.54 Å². The molecule has 0 aromatic heterocycles. The minimum Gasteiger partial charge on any atom is -0.481 e. The van der Waals surface area contributed by atoms with Crippen LogP contribution in [0.3, 0.4) is 0 Å². The van der Waals surface area contributed by atoms with Crippen molar-refractivity contribution < 1.29 is 9.90 Å². The molecule has 0 aromatic carbocycles. The van der Waals surface area contributed by atoms with Crippen molar-refractivity contribution in [1.29, 1.82) is 0 Å². The lowest BCUT2D eigenvalue weighted by molar-refractivity contribution is -0.141. The van der Waals surface area contributed by atoms with Gasteiger partial charge in [-0.1, -0.05) is 39.0 Å². The van der Waals surface area contributed by atoms with Crippen molar-refractivity contribution in [3.8, 4) is 0 Å². The van der Waals surface area contributed by atoms with Gasteiger partial charge < -0.3 is 10.8 Å². The van der Waals surface area contributed by atoms with Gasteiger partial charge in [0.2, 0.25) is 0 Å². The second kappa shape index (κ2) is 6.89. The minimum atomic E-state index is -0.743. The molecule has 1 rings (SSSR count). The highest BCUT2D eigenvalue weighted by molar-refractivity contribution is 5.70. The summed E-state index contributed by atoms with van der Waals surface area (Å²) in [6.45, 7) is 2.49. The second-order valence-corrected chi connectivity index (χ2v) is 5.33. The number of nitrogens with two attached hydrogens (primary N) is 1. The van der Waals surface area contributed by atoms with E-state index < -0.39 is 5.97 Å². The van der Waals surface area contributed by atoms with Crippen LogP contribution in [0.15, 0.2) is 0 Å². The molecule has 0 radical (unpaired) electrons. The van der Waals surface area contributed by atoms with Gasteiger partial charge >= 0.3 is 5.97 Å². The van der Waals surface area contributed by atoms with Crippen LogP contribution in [-0.2, 0) is 4.79 Å². The number of carbonyl (C=O) groups is 1. The van der Waals surface area contributed by atoms with E-state index in [1.807, 2.05) is 0 Å². The van der Waals surface area contributed by atoms with Crippen LogP contribution < -0.4 is 5.73 Å². The van der Waals surface area contributed by atoms with E-state index >= 15 is 0 Å². The van der Waals surface area contributed by atoms with E-state index in [2.05, 4.69) is 6.92 Å². The fraction of sp³-hybridized carbons (Fsp3) is 0.923. The van der Waals surface area contributed by atoms with Gasteiger partial charge in [0.05, 0.1) is 5.92 Å². The van der Waals surface area contributed by atoms with E-state index in [1.54, 1.807) is 0 Å². The quantitative estimate of drug-likeness (QED) is 0.636. The first-order chi connectivity index (χ1) is 7.63. The van der Waals surface area contributed by atoms with Crippen molar-refractivity contribution >= 4 is 5.97 Å². The average Bonchev–Trinajstić information content (AvgIpc) is 3.02. The number of hydrogen-bond acceptors (Lipinski definition) is 2. The summed E-state index contributed by atoms with van der Waals surface area (Å²) in [6, 6.07) is 0. The van der Waals surface area contributed by atoms with Gasteiger partial charge in [-0.05, 0) is 24.7 Å². The SMILES string of the molecule is CC(CCCC1CC1)CCC(CN)C(=O)O. The molecule has 0 aliphatic heterocycles. The van der Waals surface area contributed by atoms with Crippen LogP contribution in [0.5, 0.6) is 0 Å². The highest BCUT2D eigenvalue weighted by Gasteiger charge is 2.21. The Balaban J connectivity index is 2.02. The maximum Gasteiger partial charge on any atom is 0.307 e. The van der Waals surface area contributed by atoms with Crippen LogP contribution in [0.2, 0.25) is 0 Å². The first kappa shape index (κ1) is 13.5. The molecule has 0 bridgehead atoms. The van der Waals surface area contributed by atoms with E-state index in [4.69, 9.17) is 10.8 Å². The Kier molecular flexibility index (Phi) is 5.81. The molecule has 3 N–H and O–H groups in total. The molecule has 0 spiro atoms. The summed E-state index contributed by atoms with van der Waals surface area (Å²) in [5.74, 6) is 0.578. The zero-order chi connectivity index (χ0) is 12.0. The van der Waals surface area contributed by atoms with Crippen LogP contribution in [0, 0.1) is 17.8 Å². The fourth-order valence-electron chi connectivity index (χ4n) is 2.13. The molecule has 1 saturated carbocycles. The van der Waals surface area contributed by atoms with Crippen molar-refractivity contribution in [2.45, 2.75) is 51.9 Å². The van der Waals surface area contributed by atoms with Crippen molar-refractivity contribution in [3.63, 3.8) is 0 Å². The van der Waals surface area contributed by atoms with E-state index in [9.17, 15) is 4.79 Å². The molecule has 3 nitrogen and oxygen atoms in total. The highest BCUT2D eigenvalue weighted by atomic mass is 16.4. The molecule has 2 atom stereocenters. The molecule has 0 saturated heterocycles. The van der Waals surface area contributed by atoms with Crippen LogP contribution in [0.4, 0.5) is 0 Å². The summed E-state index contributed by atoms with van der Waals surface area (Å²) < 4.78 is 0. The summed E-state index contributed by atoms with van der Waals surface area (Å²) >= 11 is 0. The lowest BCUT2D eigenvalue weighted by Crippen LogP contribution is -2.23. The zero-order valence-corrected chi connectivity index (χ0v) is 10.3. The van der Waals surface area contributed by atoms with E-state index in [0.717, 1.165) is 18.8 Å². The lowest BCUT2D eigenvalue weighted by atomic mass is 9.93. The van der Waals surface area contributed by atoms with Crippen LogP contribution in [-0.4, -0.2) is 17.6 Å². The third kappa shape index (κ3) is 5.50.